The number of anilines is 2. The second-order valence-corrected chi connectivity index (χ2v) is 9.52. The molecule has 0 atom stereocenters. The molecule has 0 spiro atoms. The third-order valence-corrected chi connectivity index (χ3v) is 6.21. The van der Waals surface area contributed by atoms with E-state index in [2.05, 4.69) is 31.0 Å². The molecule has 0 radical (unpaired) electrons. The summed E-state index contributed by atoms with van der Waals surface area (Å²) in [6.07, 6.45) is 9.04. The molecule has 0 saturated heterocycles. The van der Waals surface area contributed by atoms with Crippen molar-refractivity contribution in [1.29, 1.82) is 0 Å². The number of alkyl halides is 2. The average molecular weight is 468 g/mol. The lowest BCUT2D eigenvalue weighted by Gasteiger charge is -2.33. The fraction of sp³-hybridized carbons (Fsp3) is 0.417. The maximum Gasteiger partial charge on any atom is 0.255 e. The van der Waals surface area contributed by atoms with Crippen LogP contribution in [0.15, 0.2) is 36.8 Å². The molecule has 3 aromatic heterocycles. The molecule has 5 rings (SSSR count). The number of hydrogen-bond acceptors (Lipinski definition) is 6. The number of carbonyl (C=O) groups excluding carboxylic acids is 1. The van der Waals surface area contributed by atoms with Crippen LogP contribution in [0.2, 0.25) is 0 Å². The Hall–Kier alpha value is -3.56. The first-order valence-electron chi connectivity index (χ1n) is 11.4. The highest BCUT2D eigenvalue weighted by Crippen LogP contribution is 2.36. The Morgan fingerprint density at radius 1 is 1.32 bits per heavy atom. The molecule has 1 amide bonds. The molecule has 4 heterocycles. The highest BCUT2D eigenvalue weighted by molar-refractivity contribution is 6.01. The van der Waals surface area contributed by atoms with Crippen LogP contribution in [0.1, 0.15) is 54.6 Å². The Kier molecular flexibility index (Phi) is 5.45. The number of aromatic nitrogens is 4. The lowest BCUT2D eigenvalue weighted by atomic mass is 9.82. The predicted molar refractivity (Wildman–Crippen MR) is 126 cm³/mol. The van der Waals surface area contributed by atoms with Gasteiger partial charge in [-0.25, -0.2) is 18.3 Å². The van der Waals surface area contributed by atoms with Gasteiger partial charge in [0, 0.05) is 24.5 Å². The fourth-order valence-electron chi connectivity index (χ4n) is 4.12. The molecule has 1 aliphatic carbocycles. The Morgan fingerprint density at radius 3 is 2.88 bits per heavy atom. The van der Waals surface area contributed by atoms with Crippen molar-refractivity contribution >= 4 is 28.8 Å². The van der Waals surface area contributed by atoms with Crippen LogP contribution in [-0.2, 0) is 0 Å². The number of fused-ring (bicyclic) bond motifs is 2. The summed E-state index contributed by atoms with van der Waals surface area (Å²) >= 11 is 0. The highest BCUT2D eigenvalue weighted by Gasteiger charge is 2.36. The van der Waals surface area contributed by atoms with E-state index >= 15 is 0 Å². The first-order valence-corrected chi connectivity index (χ1v) is 11.4. The van der Waals surface area contributed by atoms with Crippen molar-refractivity contribution in [1.82, 2.24) is 24.9 Å². The monoisotopic (exact) mass is 467 g/mol. The van der Waals surface area contributed by atoms with E-state index in [9.17, 15) is 13.6 Å². The molecule has 10 heteroatoms. The summed E-state index contributed by atoms with van der Waals surface area (Å²) in [7, 11) is 0. The maximum absolute atomic E-state index is 14.3. The zero-order chi connectivity index (χ0) is 23.9. The number of hydrogen-bond donors (Lipinski definition) is 3. The van der Waals surface area contributed by atoms with Gasteiger partial charge in [0.15, 0.2) is 0 Å². The molecule has 0 aromatic carbocycles. The van der Waals surface area contributed by atoms with E-state index in [-0.39, 0.29) is 19.0 Å². The van der Waals surface area contributed by atoms with Gasteiger partial charge < -0.3 is 16.0 Å². The highest BCUT2D eigenvalue weighted by atomic mass is 19.1. The van der Waals surface area contributed by atoms with E-state index in [4.69, 9.17) is 0 Å². The van der Waals surface area contributed by atoms with Gasteiger partial charge in [-0.15, -0.1) is 0 Å². The standard InChI is InChI=1S/C24H27F2N7O/c1-23(2,25)13-29-21(34)18-12-31-33-9-5-15(10-19(18)33)16-4-8-27-20-17(16)11-28-22(32-20)30-14-24(26)6-3-7-24/h4-5,9-12H,3,6-8,13-14H2,1-2H3,(H,29,34)(H2,27,28,30,32). The van der Waals surface area contributed by atoms with Crippen molar-refractivity contribution in [2.75, 3.05) is 30.3 Å². The minimum absolute atomic E-state index is 0.0930. The molecular formula is C24H27F2N7O. The molecule has 1 saturated carbocycles. The van der Waals surface area contributed by atoms with Gasteiger partial charge in [-0.05, 0) is 56.4 Å². The lowest BCUT2D eigenvalue weighted by molar-refractivity contribution is 0.0782. The second-order valence-electron chi connectivity index (χ2n) is 9.52. The normalized spacial score (nSPS) is 16.8. The zero-order valence-electron chi connectivity index (χ0n) is 19.2. The lowest BCUT2D eigenvalue weighted by Crippen LogP contribution is -2.39. The number of nitrogens with zero attached hydrogens (tertiary/aromatic N) is 4. The van der Waals surface area contributed by atoms with Crippen molar-refractivity contribution in [3.63, 3.8) is 0 Å². The maximum atomic E-state index is 14.3. The van der Waals surface area contributed by atoms with E-state index < -0.39 is 11.3 Å². The largest absolute Gasteiger partial charge is 0.366 e. The molecule has 1 fully saturated rings. The molecule has 3 N–H and O–H groups in total. The molecule has 0 unspecified atom stereocenters. The predicted octanol–water partition coefficient (Wildman–Crippen LogP) is 3.76. The van der Waals surface area contributed by atoms with E-state index in [0.29, 0.717) is 42.2 Å². The second kappa shape index (κ2) is 8.34. The van der Waals surface area contributed by atoms with Crippen LogP contribution >= 0.6 is 0 Å². The summed E-state index contributed by atoms with van der Waals surface area (Å²) in [4.78, 5) is 21.6. The SMILES string of the molecule is CC(C)(F)CNC(=O)c1cnn2ccc(C3=CCNc4nc(NCC5(F)CCC5)ncc43)cc12. The summed E-state index contributed by atoms with van der Waals surface area (Å²) < 4.78 is 29.7. The number of rotatable bonds is 7. The van der Waals surface area contributed by atoms with Gasteiger partial charge in [0.05, 0.1) is 30.4 Å². The topological polar surface area (TPSA) is 96.2 Å². The minimum Gasteiger partial charge on any atom is -0.366 e. The van der Waals surface area contributed by atoms with Crippen LogP contribution in [0.25, 0.3) is 11.1 Å². The van der Waals surface area contributed by atoms with Crippen LogP contribution in [0.5, 0.6) is 0 Å². The van der Waals surface area contributed by atoms with E-state index in [0.717, 1.165) is 23.1 Å². The fourth-order valence-corrected chi connectivity index (χ4v) is 4.12. The molecule has 8 nitrogen and oxygen atoms in total. The van der Waals surface area contributed by atoms with Crippen molar-refractivity contribution in [2.24, 2.45) is 0 Å². The molecule has 1 aliphatic heterocycles. The smallest absolute Gasteiger partial charge is 0.255 e. The number of amides is 1. The van der Waals surface area contributed by atoms with Gasteiger partial charge in [-0.1, -0.05) is 6.08 Å². The van der Waals surface area contributed by atoms with E-state index in [1.807, 2.05) is 18.2 Å². The Bertz CT molecular complexity index is 1270. The van der Waals surface area contributed by atoms with Crippen LogP contribution in [0, 0.1) is 0 Å². The van der Waals surface area contributed by atoms with E-state index in [1.165, 1.54) is 20.0 Å². The summed E-state index contributed by atoms with van der Waals surface area (Å²) in [5.41, 5.74) is 0.905. The minimum atomic E-state index is -1.51. The summed E-state index contributed by atoms with van der Waals surface area (Å²) in [5.74, 6) is 0.666. The van der Waals surface area contributed by atoms with Gasteiger partial charge in [-0.3, -0.25) is 4.79 Å². The molecule has 178 valence electrons. The summed E-state index contributed by atoms with van der Waals surface area (Å²) in [6, 6.07) is 3.78. The van der Waals surface area contributed by atoms with Gasteiger partial charge in [0.1, 0.15) is 17.2 Å². The van der Waals surface area contributed by atoms with Crippen molar-refractivity contribution in [3.8, 4) is 0 Å². The zero-order valence-corrected chi connectivity index (χ0v) is 19.2. The molecule has 3 aromatic rings. The number of pyridine rings is 1. The quantitative estimate of drug-likeness (QED) is 0.490. The number of carbonyl (C=O) groups is 1. The van der Waals surface area contributed by atoms with Crippen LogP contribution < -0.4 is 16.0 Å². The third kappa shape index (κ3) is 4.44. The van der Waals surface area contributed by atoms with Gasteiger partial charge >= 0.3 is 0 Å². The molecule has 2 aliphatic rings. The summed E-state index contributed by atoms with van der Waals surface area (Å²) in [5, 5.41) is 13.1. The first kappa shape index (κ1) is 22.2. The Balaban J connectivity index is 1.39. The Labute approximate surface area is 195 Å². The van der Waals surface area contributed by atoms with Crippen LogP contribution in [0.4, 0.5) is 20.5 Å². The van der Waals surface area contributed by atoms with Crippen molar-refractivity contribution < 1.29 is 13.6 Å². The van der Waals surface area contributed by atoms with Gasteiger partial charge in [-0.2, -0.15) is 10.1 Å². The first-order chi connectivity index (χ1) is 16.2. The van der Waals surface area contributed by atoms with Crippen LogP contribution in [-0.4, -0.2) is 56.5 Å². The molecule has 34 heavy (non-hydrogen) atoms. The molecule has 0 bridgehead atoms. The Morgan fingerprint density at radius 2 is 2.15 bits per heavy atom. The van der Waals surface area contributed by atoms with Gasteiger partial charge in [0.25, 0.3) is 5.91 Å². The van der Waals surface area contributed by atoms with Crippen LogP contribution in [0.3, 0.4) is 0 Å². The number of halogens is 2. The van der Waals surface area contributed by atoms with Gasteiger partial charge in [0.2, 0.25) is 5.95 Å². The molecular weight excluding hydrogens is 440 g/mol. The van der Waals surface area contributed by atoms with E-state index in [1.54, 1.807) is 16.9 Å². The van der Waals surface area contributed by atoms with Crippen molar-refractivity contribution in [2.45, 2.75) is 44.4 Å². The average Bonchev–Trinajstić information content (AvgIpc) is 3.22. The third-order valence-electron chi connectivity index (χ3n) is 6.21. The summed E-state index contributed by atoms with van der Waals surface area (Å²) in [6.45, 7) is 3.50. The van der Waals surface area contributed by atoms with Crippen molar-refractivity contribution in [3.05, 3.63) is 53.5 Å². The number of nitrogens with one attached hydrogen (secondary N) is 3.